The Kier molecular flexibility index (Phi) is 18.1. The van der Waals surface area contributed by atoms with Gasteiger partial charge in [0.2, 0.25) is 9.84 Å². The molecule has 0 spiro atoms. The molecule has 0 heterocycles. The van der Waals surface area contributed by atoms with E-state index in [0.717, 1.165) is 0 Å². The molecule has 0 radical (unpaired) electrons. The van der Waals surface area contributed by atoms with Crippen molar-refractivity contribution in [2.75, 3.05) is 92.5 Å². The first kappa shape index (κ1) is 43.4. The van der Waals surface area contributed by atoms with E-state index >= 15 is 8.42 Å². The lowest BCUT2D eigenvalue weighted by atomic mass is 9.96. The average Bonchev–Trinajstić information content (AvgIpc) is 3.21. The summed E-state index contributed by atoms with van der Waals surface area (Å²) < 4.78 is 64.9. The molecule has 0 aliphatic heterocycles. The van der Waals surface area contributed by atoms with Crippen molar-refractivity contribution in [3.8, 4) is 45.3 Å². The zero-order chi connectivity index (χ0) is 39.5. The quantitative estimate of drug-likeness (QED) is 0.0506. The normalized spacial score (nSPS) is 11.5. The first-order valence-corrected chi connectivity index (χ1v) is 19.4. The Morgan fingerprint density at radius 3 is 1.09 bits per heavy atom. The third-order valence-corrected chi connectivity index (χ3v) is 10.0. The zero-order valence-electron chi connectivity index (χ0n) is 30.6. The van der Waals surface area contributed by atoms with E-state index in [-0.39, 0.29) is 115 Å². The highest BCUT2D eigenvalue weighted by atomic mass is 32.2. The number of hydrogen-bond donors (Lipinski definition) is 6. The van der Waals surface area contributed by atoms with Crippen molar-refractivity contribution in [1.82, 2.24) is 0 Å². The Bertz CT molecular complexity index is 1720. The van der Waals surface area contributed by atoms with Gasteiger partial charge in [0, 0.05) is 35.1 Å². The van der Waals surface area contributed by atoms with Crippen LogP contribution < -0.4 is 18.9 Å². The van der Waals surface area contributed by atoms with Gasteiger partial charge >= 0.3 is 0 Å². The van der Waals surface area contributed by atoms with Gasteiger partial charge in [-0.1, -0.05) is 24.3 Å². The van der Waals surface area contributed by atoms with Crippen molar-refractivity contribution in [3.05, 3.63) is 83.9 Å². The lowest BCUT2D eigenvalue weighted by Crippen LogP contribution is -2.14. The molecule has 0 amide bonds. The van der Waals surface area contributed by atoms with E-state index in [2.05, 4.69) is 0 Å². The number of sulfone groups is 1. The molecule has 15 heteroatoms. The lowest BCUT2D eigenvalue weighted by Gasteiger charge is -2.23. The fraction of sp³-hybridized carbons (Fsp3) is 0.400. The fourth-order valence-electron chi connectivity index (χ4n) is 5.94. The van der Waals surface area contributed by atoms with Gasteiger partial charge in [0.1, 0.15) is 49.4 Å². The summed E-state index contributed by atoms with van der Waals surface area (Å²) in [6.45, 7) is -0.931. The summed E-state index contributed by atoms with van der Waals surface area (Å²) in [5, 5.41) is 56.4. The highest BCUT2D eigenvalue weighted by Gasteiger charge is 2.31. The van der Waals surface area contributed by atoms with Crippen molar-refractivity contribution < 1.29 is 67.5 Å². The number of aliphatic hydroxyl groups is 6. The van der Waals surface area contributed by atoms with Gasteiger partial charge in [-0.05, 0) is 59.7 Å². The van der Waals surface area contributed by atoms with Gasteiger partial charge in [-0.2, -0.15) is 0 Å². The fourth-order valence-corrected chi connectivity index (χ4v) is 7.69. The lowest BCUT2D eigenvalue weighted by molar-refractivity contribution is 0.0940. The third kappa shape index (κ3) is 11.9. The monoisotopic (exact) mass is 786 g/mol. The Hall–Kier alpha value is -4.29. The molecule has 0 atom stereocenters. The molecule has 4 aromatic rings. The van der Waals surface area contributed by atoms with E-state index in [1.807, 2.05) is 0 Å². The zero-order valence-corrected chi connectivity index (χ0v) is 31.4. The molecule has 0 saturated heterocycles. The standard InChI is InChI=1S/C40H50O14S/c41-15-23-49-21-13-33-35(53-27-19-45)9-11-37(39(33)29-1-5-31(6-2-29)51-25-17-43)55(47,48)38-12-10-36(54-28-20-46)34(14-22-50-24-16-42)40(38)30-3-7-32(8-4-30)52-26-18-44/h1-12,41-46H,13-28H2. The van der Waals surface area contributed by atoms with Crippen molar-refractivity contribution in [2.24, 2.45) is 0 Å². The molecule has 0 saturated carbocycles. The molecule has 0 aliphatic rings. The third-order valence-electron chi connectivity index (χ3n) is 8.21. The van der Waals surface area contributed by atoms with Gasteiger partial charge in [-0.3, -0.25) is 0 Å². The molecule has 55 heavy (non-hydrogen) atoms. The summed E-state index contributed by atoms with van der Waals surface area (Å²) in [5.74, 6) is 1.60. The second kappa shape index (κ2) is 22.9. The molecule has 0 aromatic heterocycles. The van der Waals surface area contributed by atoms with Crippen molar-refractivity contribution in [3.63, 3.8) is 0 Å². The number of ether oxygens (including phenoxy) is 6. The first-order valence-electron chi connectivity index (χ1n) is 17.9. The summed E-state index contributed by atoms with van der Waals surface area (Å²) in [6, 6.07) is 19.5. The van der Waals surface area contributed by atoms with E-state index in [1.54, 1.807) is 60.7 Å². The number of hydrogen-bond acceptors (Lipinski definition) is 14. The van der Waals surface area contributed by atoms with E-state index in [1.165, 1.54) is 12.1 Å². The molecule has 4 rings (SSSR count). The van der Waals surface area contributed by atoms with E-state index < -0.39 is 9.84 Å². The maximum absolute atomic E-state index is 15.4. The second-order valence-electron chi connectivity index (χ2n) is 11.8. The van der Waals surface area contributed by atoms with Crippen LogP contribution in [0.25, 0.3) is 22.3 Å². The minimum Gasteiger partial charge on any atom is -0.491 e. The van der Waals surface area contributed by atoms with Crippen LogP contribution in [0.3, 0.4) is 0 Å². The highest BCUT2D eigenvalue weighted by Crippen LogP contribution is 2.44. The smallest absolute Gasteiger partial charge is 0.207 e. The van der Waals surface area contributed by atoms with Crippen molar-refractivity contribution in [2.45, 2.75) is 22.6 Å². The summed E-state index contributed by atoms with van der Waals surface area (Å²) in [5.41, 5.74) is 2.64. The van der Waals surface area contributed by atoms with Crippen LogP contribution in [-0.2, 0) is 32.2 Å². The van der Waals surface area contributed by atoms with Gasteiger partial charge in [0.25, 0.3) is 0 Å². The van der Waals surface area contributed by atoms with Crippen LogP contribution in [0, 0.1) is 0 Å². The minimum absolute atomic E-state index is 0.0524. The number of rotatable bonds is 26. The Morgan fingerprint density at radius 2 is 0.745 bits per heavy atom. The Morgan fingerprint density at radius 1 is 0.400 bits per heavy atom. The summed E-state index contributed by atoms with van der Waals surface area (Å²) >= 11 is 0. The maximum Gasteiger partial charge on any atom is 0.207 e. The molecular weight excluding hydrogens is 736 g/mol. The molecule has 0 fully saturated rings. The van der Waals surface area contributed by atoms with Crippen LogP contribution in [0.2, 0.25) is 0 Å². The van der Waals surface area contributed by atoms with Crippen LogP contribution in [0.1, 0.15) is 11.1 Å². The predicted octanol–water partition coefficient (Wildman–Crippen LogP) is 2.44. The van der Waals surface area contributed by atoms with Gasteiger partial charge in [-0.15, -0.1) is 0 Å². The Labute approximate surface area is 321 Å². The molecule has 300 valence electrons. The van der Waals surface area contributed by atoms with Gasteiger partial charge in [-0.25, -0.2) is 8.42 Å². The van der Waals surface area contributed by atoms with E-state index in [9.17, 15) is 30.6 Å². The summed E-state index contributed by atoms with van der Waals surface area (Å²) in [6.07, 6.45) is 0.373. The molecule has 0 aliphatic carbocycles. The predicted molar refractivity (Wildman–Crippen MR) is 203 cm³/mol. The second-order valence-corrected chi connectivity index (χ2v) is 13.7. The molecule has 4 aromatic carbocycles. The summed E-state index contributed by atoms with van der Waals surface area (Å²) in [4.78, 5) is -0.110. The van der Waals surface area contributed by atoms with Gasteiger partial charge in [0.15, 0.2) is 0 Å². The van der Waals surface area contributed by atoms with Crippen molar-refractivity contribution >= 4 is 9.84 Å². The van der Waals surface area contributed by atoms with E-state index in [4.69, 9.17) is 28.4 Å². The topological polar surface area (TPSA) is 211 Å². The summed E-state index contributed by atoms with van der Waals surface area (Å²) in [7, 11) is -4.44. The largest absolute Gasteiger partial charge is 0.491 e. The van der Waals surface area contributed by atoms with E-state index in [0.29, 0.717) is 56.4 Å². The number of benzene rings is 4. The van der Waals surface area contributed by atoms with Crippen molar-refractivity contribution in [1.29, 1.82) is 0 Å². The maximum atomic E-state index is 15.4. The van der Waals surface area contributed by atoms with Crippen LogP contribution in [0.4, 0.5) is 0 Å². The number of aliphatic hydroxyl groups excluding tert-OH is 6. The molecular formula is C40H50O14S. The first-order chi connectivity index (χ1) is 26.8. The molecule has 14 nitrogen and oxygen atoms in total. The SMILES string of the molecule is O=S(=O)(c1ccc(OCCO)c(CCOCCO)c1-c1ccc(OCCO)cc1)c1ccc(OCCO)c(CCOCCO)c1-c1ccc(OCCO)cc1. The molecule has 0 unspecified atom stereocenters. The molecule has 6 N–H and O–H groups in total. The van der Waals surface area contributed by atoms with Crippen LogP contribution in [0.5, 0.6) is 23.0 Å². The highest BCUT2D eigenvalue weighted by molar-refractivity contribution is 7.91. The molecule has 0 bridgehead atoms. The van der Waals surface area contributed by atoms with Crippen LogP contribution in [-0.4, -0.2) is 132 Å². The van der Waals surface area contributed by atoms with Gasteiger partial charge in [0.05, 0.1) is 75.9 Å². The van der Waals surface area contributed by atoms with Crippen LogP contribution in [0.15, 0.2) is 82.6 Å². The van der Waals surface area contributed by atoms with Gasteiger partial charge < -0.3 is 59.1 Å². The van der Waals surface area contributed by atoms with Crippen LogP contribution >= 0.6 is 0 Å². The average molecular weight is 787 g/mol. The Balaban J connectivity index is 2.03. The minimum atomic E-state index is -4.44.